The average Bonchev–Trinajstić information content (AvgIpc) is 3.84. The lowest BCUT2D eigenvalue weighted by Gasteiger charge is -2.14. The first-order chi connectivity index (χ1) is 23.0. The fourth-order valence-electron chi connectivity index (χ4n) is 6.11. The van der Waals surface area contributed by atoms with Gasteiger partial charge in [0.1, 0.15) is 0 Å². The van der Waals surface area contributed by atoms with Gasteiger partial charge >= 0.3 is 11.9 Å². The van der Waals surface area contributed by atoms with Gasteiger partial charge in [-0.25, -0.2) is 13.6 Å². The third-order valence-corrected chi connectivity index (χ3v) is 9.20. The van der Waals surface area contributed by atoms with Crippen molar-refractivity contribution >= 4 is 46.3 Å². The fourth-order valence-corrected chi connectivity index (χ4v) is 6.86. The maximum absolute atomic E-state index is 13.0. The first-order valence-corrected chi connectivity index (χ1v) is 16.5. The van der Waals surface area contributed by atoms with E-state index in [1.807, 2.05) is 78.9 Å². The zero-order valence-electron chi connectivity index (χ0n) is 25.2. The minimum Gasteiger partial charge on any atom is -0.481 e. The van der Waals surface area contributed by atoms with E-state index in [9.17, 15) is 28.2 Å². The van der Waals surface area contributed by atoms with Crippen molar-refractivity contribution in [1.29, 1.82) is 0 Å². The van der Waals surface area contributed by atoms with Crippen LogP contribution in [0, 0.1) is 5.92 Å². The molecule has 0 aliphatic carbocycles. The molecule has 2 aromatic carbocycles. The molecule has 240 valence electrons. The highest BCUT2D eigenvalue weighted by atomic mass is 32.2. The molecule has 1 aliphatic rings. The van der Waals surface area contributed by atoms with Crippen LogP contribution < -0.4 is 26.5 Å². The van der Waals surface area contributed by atoms with Gasteiger partial charge in [-0.05, 0) is 72.3 Å². The molecule has 7 rings (SSSR count). The predicted octanol–water partition coefficient (Wildman–Crippen LogP) is 1.87. The molecule has 7 N–H and O–H groups in total. The van der Waals surface area contributed by atoms with Gasteiger partial charge in [-0.1, -0.05) is 48.5 Å². The van der Waals surface area contributed by atoms with E-state index in [4.69, 9.17) is 5.14 Å². The molecule has 5 heterocycles. The predicted molar refractivity (Wildman–Crippen MR) is 181 cm³/mol. The van der Waals surface area contributed by atoms with Crippen molar-refractivity contribution in [1.82, 2.24) is 19.5 Å². The average molecular weight is 660 g/mol. The topological polar surface area (TPSA) is 187 Å². The SMILES string of the molecule is NS(=O)(=O)c1ccccc1-c1c(-c2ccccc2)c2n(CC(C(=O)O)C(=O)O)c1C=c1ccc([nH]1)=Cc1ccc([nH]1)C=c1ccc([nH]1)=C2. The molecule has 4 aromatic heterocycles. The van der Waals surface area contributed by atoms with Crippen LogP contribution in [0.4, 0.5) is 0 Å². The Hall–Kier alpha value is -6.11. The third-order valence-electron chi connectivity index (χ3n) is 8.23. The molecule has 11 nitrogen and oxygen atoms in total. The summed E-state index contributed by atoms with van der Waals surface area (Å²) in [6.45, 7) is -0.469. The summed E-state index contributed by atoms with van der Waals surface area (Å²) in [6.07, 6.45) is 7.43. The molecule has 48 heavy (non-hydrogen) atoms. The summed E-state index contributed by atoms with van der Waals surface area (Å²) in [6, 6.07) is 26.9. The van der Waals surface area contributed by atoms with Gasteiger partial charge < -0.3 is 29.7 Å². The Labute approximate surface area is 273 Å². The Morgan fingerprint density at radius 1 is 0.646 bits per heavy atom. The number of carboxylic acid groups (broad SMARTS) is 2. The van der Waals surface area contributed by atoms with Gasteiger partial charge in [-0.15, -0.1) is 0 Å². The molecule has 0 fully saturated rings. The molecule has 0 unspecified atom stereocenters. The summed E-state index contributed by atoms with van der Waals surface area (Å²) in [7, 11) is -4.25. The largest absolute Gasteiger partial charge is 0.481 e. The van der Waals surface area contributed by atoms with E-state index >= 15 is 0 Å². The monoisotopic (exact) mass is 659 g/mol. The van der Waals surface area contributed by atoms with E-state index in [1.165, 1.54) is 6.07 Å². The Bertz CT molecular complexity index is 2580. The van der Waals surface area contributed by atoms with Gasteiger partial charge in [0, 0.05) is 56.0 Å². The molecule has 0 spiro atoms. The number of benzene rings is 2. The lowest BCUT2D eigenvalue weighted by Crippen LogP contribution is -2.29. The van der Waals surface area contributed by atoms with E-state index in [-0.39, 0.29) is 10.5 Å². The highest BCUT2D eigenvalue weighted by Gasteiger charge is 2.32. The van der Waals surface area contributed by atoms with Gasteiger partial charge in [-0.2, -0.15) is 0 Å². The number of carbonyl (C=O) groups is 2. The van der Waals surface area contributed by atoms with Gasteiger partial charge in [0.05, 0.1) is 16.3 Å². The minimum absolute atomic E-state index is 0.140. The number of aliphatic carboxylic acids is 2. The van der Waals surface area contributed by atoms with Gasteiger partial charge in [0.25, 0.3) is 0 Å². The lowest BCUT2D eigenvalue weighted by atomic mass is 9.94. The number of carboxylic acids is 2. The molecule has 0 saturated heterocycles. The minimum atomic E-state index is -4.25. The standard InChI is InChI=1S/C36H29N5O6S/c37-48(46,47)32-9-5-4-8-28(32)34-31-19-27-15-13-25(40-27)17-23-11-10-22(38-23)16-24-12-14-26(39-24)18-30(33(34)21-6-2-1-3-7-21)41(31)20-29(35(42)43)36(44)45/h1-19,29,38-40H,20H2,(H,42,43)(H,44,45)(H2,37,46,47). The number of hydrogen-bond donors (Lipinski definition) is 6. The first-order valence-electron chi connectivity index (χ1n) is 14.9. The number of fused-ring (bicyclic) bond motifs is 8. The summed E-state index contributed by atoms with van der Waals surface area (Å²) < 4.78 is 27.7. The van der Waals surface area contributed by atoms with Gasteiger partial charge in [0.15, 0.2) is 5.92 Å². The zero-order valence-corrected chi connectivity index (χ0v) is 26.0. The highest BCUT2D eigenvalue weighted by Crippen LogP contribution is 2.43. The van der Waals surface area contributed by atoms with E-state index in [1.54, 1.807) is 34.9 Å². The van der Waals surface area contributed by atoms with Crippen LogP contribution >= 0.6 is 0 Å². The van der Waals surface area contributed by atoms with Crippen molar-refractivity contribution in [3.8, 4) is 22.3 Å². The number of aromatic amines is 3. The molecule has 8 bridgehead atoms. The van der Waals surface area contributed by atoms with E-state index in [0.29, 0.717) is 38.8 Å². The normalized spacial score (nSPS) is 12.5. The Morgan fingerprint density at radius 3 is 1.69 bits per heavy atom. The fraction of sp³-hybridized carbons (Fsp3) is 0.0556. The van der Waals surface area contributed by atoms with E-state index in [0.717, 1.165) is 22.1 Å². The van der Waals surface area contributed by atoms with Crippen molar-refractivity contribution in [2.75, 3.05) is 0 Å². The van der Waals surface area contributed by atoms with Crippen molar-refractivity contribution < 1.29 is 28.2 Å². The van der Waals surface area contributed by atoms with Gasteiger partial charge in [0.2, 0.25) is 10.0 Å². The first kappa shape index (κ1) is 30.5. The smallest absolute Gasteiger partial charge is 0.319 e. The van der Waals surface area contributed by atoms with E-state index < -0.39 is 34.4 Å². The molecular weight excluding hydrogens is 630 g/mol. The van der Waals surface area contributed by atoms with Crippen molar-refractivity contribution in [2.45, 2.75) is 11.4 Å². The summed E-state index contributed by atoms with van der Waals surface area (Å²) in [5.41, 5.74) is 4.51. The van der Waals surface area contributed by atoms with Crippen LogP contribution in [-0.4, -0.2) is 50.1 Å². The van der Waals surface area contributed by atoms with Crippen LogP contribution in [0.3, 0.4) is 0 Å². The molecule has 0 atom stereocenters. The van der Waals surface area contributed by atoms with Gasteiger partial charge in [-0.3, -0.25) is 9.59 Å². The quantitative estimate of drug-likeness (QED) is 0.142. The number of hydrogen-bond acceptors (Lipinski definition) is 4. The number of primary sulfonamides is 1. The summed E-state index contributed by atoms with van der Waals surface area (Å²) in [4.78, 5) is 34.7. The maximum Gasteiger partial charge on any atom is 0.319 e. The van der Waals surface area contributed by atoms with Crippen molar-refractivity contribution in [3.05, 3.63) is 135 Å². The molecule has 12 heteroatoms. The van der Waals surface area contributed by atoms with Crippen LogP contribution in [0.15, 0.2) is 95.9 Å². The van der Waals surface area contributed by atoms with Crippen LogP contribution in [0.25, 0.3) is 46.6 Å². The summed E-state index contributed by atoms with van der Waals surface area (Å²) in [5.74, 6) is -4.85. The highest BCUT2D eigenvalue weighted by molar-refractivity contribution is 7.89. The number of nitrogens with two attached hydrogens (primary N) is 1. The number of nitrogens with one attached hydrogen (secondary N) is 3. The van der Waals surface area contributed by atoms with E-state index in [2.05, 4.69) is 15.0 Å². The molecule has 0 radical (unpaired) electrons. The van der Waals surface area contributed by atoms with Crippen molar-refractivity contribution in [3.63, 3.8) is 0 Å². The van der Waals surface area contributed by atoms with Crippen LogP contribution in [0.1, 0.15) is 22.8 Å². The number of H-pyrrole nitrogens is 3. The Morgan fingerprint density at radius 2 is 1.15 bits per heavy atom. The molecule has 0 amide bonds. The Balaban J connectivity index is 1.71. The van der Waals surface area contributed by atoms with Crippen molar-refractivity contribution in [2.24, 2.45) is 11.1 Å². The van der Waals surface area contributed by atoms with Crippen LogP contribution in [0.2, 0.25) is 0 Å². The third kappa shape index (κ3) is 5.81. The number of aromatic nitrogens is 4. The molecular formula is C36H29N5O6S. The maximum atomic E-state index is 13.0. The van der Waals surface area contributed by atoms with Crippen LogP contribution in [-0.2, 0) is 26.2 Å². The second-order valence-corrected chi connectivity index (χ2v) is 13.0. The molecule has 0 saturated carbocycles. The summed E-state index contributed by atoms with van der Waals surface area (Å²) in [5, 5.41) is 28.6. The number of nitrogens with zero attached hydrogens (tertiary/aromatic N) is 1. The molecule has 1 aliphatic heterocycles. The zero-order chi connectivity index (χ0) is 33.6. The molecule has 6 aromatic rings. The second-order valence-electron chi connectivity index (χ2n) is 11.5. The summed E-state index contributed by atoms with van der Waals surface area (Å²) >= 11 is 0. The number of rotatable bonds is 7. The van der Waals surface area contributed by atoms with Crippen LogP contribution in [0.5, 0.6) is 0 Å². The number of sulfonamides is 1. The second kappa shape index (κ2) is 11.9. The Kier molecular flexibility index (Phi) is 7.58. The lowest BCUT2D eigenvalue weighted by molar-refractivity contribution is -0.155.